The van der Waals surface area contributed by atoms with Crippen LogP contribution in [0, 0.1) is 23.7 Å². The van der Waals surface area contributed by atoms with Crippen LogP contribution in [0.1, 0.15) is 62.7 Å². The first-order chi connectivity index (χ1) is 14.3. The third kappa shape index (κ3) is 4.19. The van der Waals surface area contributed by atoms with E-state index in [1.165, 1.54) is 49.0 Å². The molecule has 2 bridgehead atoms. The molecule has 1 aromatic rings. The van der Waals surface area contributed by atoms with Gasteiger partial charge in [0, 0.05) is 30.6 Å². The average Bonchev–Trinajstić information content (AvgIpc) is 3.37. The lowest BCUT2D eigenvalue weighted by atomic mass is 9.83. The van der Waals surface area contributed by atoms with Crippen LogP contribution in [0.2, 0.25) is 0 Å². The van der Waals surface area contributed by atoms with Crippen LogP contribution in [0.3, 0.4) is 0 Å². The van der Waals surface area contributed by atoms with Crippen LogP contribution < -0.4 is 5.32 Å². The fourth-order valence-electron chi connectivity index (χ4n) is 5.72. The van der Waals surface area contributed by atoms with Crippen molar-refractivity contribution in [3.8, 4) is 0 Å². The van der Waals surface area contributed by atoms with Crippen molar-refractivity contribution >= 4 is 21.7 Å². The number of sulfonamides is 1. The second kappa shape index (κ2) is 8.42. The van der Waals surface area contributed by atoms with Gasteiger partial charge in [0.25, 0.3) is 0 Å². The number of hydrogen-bond donors (Lipinski definition) is 1. The Kier molecular flexibility index (Phi) is 6.04. The molecule has 0 aromatic heterocycles. The Balaban J connectivity index is 1.31. The van der Waals surface area contributed by atoms with Crippen LogP contribution in [-0.4, -0.2) is 43.5 Å². The second-order valence-corrected chi connectivity index (χ2v) is 11.3. The summed E-state index contributed by atoms with van der Waals surface area (Å²) in [6.07, 6.45) is 6.31. The largest absolute Gasteiger partial charge is 0.353 e. The standard InChI is InChI=1S/C23H32N2O4S/c1-15(22-14-17-3-4-20(22)13-17)24-23(27)19-9-11-25(12-10-19)30(28,29)21-7-5-18(6-8-21)16(2)26/h5-8,15,17,19-20,22H,3-4,9-14H2,1-2H3,(H,24,27)/t15-,17-,20-,22-/m0/s1. The summed E-state index contributed by atoms with van der Waals surface area (Å²) in [5.74, 6) is 2.09. The first-order valence-corrected chi connectivity index (χ1v) is 12.6. The summed E-state index contributed by atoms with van der Waals surface area (Å²) in [6, 6.07) is 6.28. The number of piperidine rings is 1. The molecular weight excluding hydrogens is 400 g/mol. The molecule has 3 fully saturated rings. The fourth-order valence-corrected chi connectivity index (χ4v) is 7.19. The highest BCUT2D eigenvalue weighted by Gasteiger charge is 2.42. The first kappa shape index (κ1) is 21.5. The predicted octanol–water partition coefficient (Wildman–Crippen LogP) is 3.23. The van der Waals surface area contributed by atoms with E-state index in [4.69, 9.17) is 0 Å². The molecule has 6 nitrogen and oxygen atoms in total. The Hall–Kier alpha value is -1.73. The van der Waals surface area contributed by atoms with Gasteiger partial charge in [-0.2, -0.15) is 4.31 Å². The average molecular weight is 433 g/mol. The summed E-state index contributed by atoms with van der Waals surface area (Å²) in [7, 11) is -3.61. The van der Waals surface area contributed by atoms with Crippen molar-refractivity contribution in [2.24, 2.45) is 23.7 Å². The molecule has 7 heteroatoms. The van der Waals surface area contributed by atoms with Crippen LogP contribution in [0.25, 0.3) is 0 Å². The van der Waals surface area contributed by atoms with Gasteiger partial charge >= 0.3 is 0 Å². The maximum atomic E-state index is 12.9. The van der Waals surface area contributed by atoms with Crippen molar-refractivity contribution in [3.63, 3.8) is 0 Å². The zero-order valence-corrected chi connectivity index (χ0v) is 18.7. The van der Waals surface area contributed by atoms with E-state index in [-0.39, 0.29) is 28.5 Å². The number of fused-ring (bicyclic) bond motifs is 2. The second-order valence-electron chi connectivity index (χ2n) is 9.39. The van der Waals surface area contributed by atoms with Crippen molar-refractivity contribution < 1.29 is 18.0 Å². The molecule has 4 atom stereocenters. The maximum Gasteiger partial charge on any atom is 0.243 e. The van der Waals surface area contributed by atoms with Crippen LogP contribution in [-0.2, 0) is 14.8 Å². The quantitative estimate of drug-likeness (QED) is 0.700. The summed E-state index contributed by atoms with van der Waals surface area (Å²) in [5, 5.41) is 3.24. The highest BCUT2D eigenvalue weighted by molar-refractivity contribution is 7.89. The minimum atomic E-state index is -3.61. The number of carbonyl (C=O) groups is 2. The van der Waals surface area contributed by atoms with Gasteiger partial charge in [0.05, 0.1) is 4.90 Å². The summed E-state index contributed by atoms with van der Waals surface area (Å²) in [4.78, 5) is 24.4. The molecule has 2 saturated carbocycles. The van der Waals surface area contributed by atoms with E-state index in [9.17, 15) is 18.0 Å². The number of amides is 1. The zero-order chi connectivity index (χ0) is 21.5. The van der Waals surface area contributed by atoms with Crippen molar-refractivity contribution in [1.29, 1.82) is 0 Å². The summed E-state index contributed by atoms with van der Waals surface area (Å²) < 4.78 is 27.3. The van der Waals surface area contributed by atoms with Gasteiger partial charge in [-0.15, -0.1) is 0 Å². The predicted molar refractivity (Wildman–Crippen MR) is 114 cm³/mol. The molecule has 0 radical (unpaired) electrons. The molecule has 0 spiro atoms. The maximum absolute atomic E-state index is 12.9. The Bertz CT molecular complexity index is 904. The smallest absolute Gasteiger partial charge is 0.243 e. The van der Waals surface area contributed by atoms with E-state index in [1.54, 1.807) is 12.1 Å². The fraction of sp³-hybridized carbons (Fsp3) is 0.652. The molecule has 2 aliphatic carbocycles. The topological polar surface area (TPSA) is 83.6 Å². The number of Topliss-reactive ketones (excluding diaryl/α,β-unsaturated/α-hetero) is 1. The zero-order valence-electron chi connectivity index (χ0n) is 17.8. The highest BCUT2D eigenvalue weighted by atomic mass is 32.2. The minimum absolute atomic E-state index is 0.0770. The molecule has 0 unspecified atom stereocenters. The SMILES string of the molecule is CC(=O)c1ccc(S(=O)(=O)N2CCC(C(=O)N[C@@H](C)[C@@H]3C[C@H]4CC[C@H]3C4)CC2)cc1. The molecule has 1 amide bonds. The van der Waals surface area contributed by atoms with Gasteiger partial charge in [0.2, 0.25) is 15.9 Å². The van der Waals surface area contributed by atoms with Crippen LogP contribution in [0.15, 0.2) is 29.2 Å². The molecular formula is C23H32N2O4S. The van der Waals surface area contributed by atoms with Gasteiger partial charge in [-0.1, -0.05) is 18.6 Å². The molecule has 4 rings (SSSR count). The number of benzene rings is 1. The van der Waals surface area contributed by atoms with Gasteiger partial charge in [-0.3, -0.25) is 9.59 Å². The molecule has 164 valence electrons. The molecule has 1 aromatic carbocycles. The molecule has 30 heavy (non-hydrogen) atoms. The Labute approximate surface area is 179 Å². The summed E-state index contributed by atoms with van der Waals surface area (Å²) >= 11 is 0. The van der Waals surface area contributed by atoms with E-state index >= 15 is 0 Å². The van der Waals surface area contributed by atoms with E-state index < -0.39 is 10.0 Å². The van der Waals surface area contributed by atoms with E-state index in [2.05, 4.69) is 12.2 Å². The van der Waals surface area contributed by atoms with E-state index in [0.717, 1.165) is 11.8 Å². The van der Waals surface area contributed by atoms with Gasteiger partial charge in [-0.25, -0.2) is 8.42 Å². The number of rotatable bonds is 6. The van der Waals surface area contributed by atoms with E-state index in [0.29, 0.717) is 37.4 Å². The molecule has 1 aliphatic heterocycles. The highest BCUT2D eigenvalue weighted by Crippen LogP contribution is 2.49. The van der Waals surface area contributed by atoms with Crippen molar-refractivity contribution in [3.05, 3.63) is 29.8 Å². The number of nitrogens with one attached hydrogen (secondary N) is 1. The van der Waals surface area contributed by atoms with Gasteiger partial charge in [0.15, 0.2) is 5.78 Å². The molecule has 3 aliphatic rings. The van der Waals surface area contributed by atoms with Crippen LogP contribution >= 0.6 is 0 Å². The van der Waals surface area contributed by atoms with Gasteiger partial charge in [-0.05, 0) is 75.8 Å². The van der Waals surface area contributed by atoms with Gasteiger partial charge < -0.3 is 5.32 Å². The Morgan fingerprint density at radius 1 is 1.03 bits per heavy atom. The third-order valence-electron chi connectivity index (χ3n) is 7.53. The number of hydrogen-bond acceptors (Lipinski definition) is 4. The minimum Gasteiger partial charge on any atom is -0.353 e. The summed E-state index contributed by atoms with van der Waals surface area (Å²) in [6.45, 7) is 4.28. The third-order valence-corrected chi connectivity index (χ3v) is 9.44. The van der Waals surface area contributed by atoms with E-state index in [1.807, 2.05) is 0 Å². The van der Waals surface area contributed by atoms with Crippen molar-refractivity contribution in [1.82, 2.24) is 9.62 Å². The Morgan fingerprint density at radius 2 is 1.70 bits per heavy atom. The molecule has 1 N–H and O–H groups in total. The van der Waals surface area contributed by atoms with Crippen molar-refractivity contribution in [2.75, 3.05) is 13.1 Å². The van der Waals surface area contributed by atoms with Crippen molar-refractivity contribution in [2.45, 2.75) is 63.3 Å². The van der Waals surface area contributed by atoms with Crippen LogP contribution in [0.4, 0.5) is 0 Å². The monoisotopic (exact) mass is 432 g/mol. The lowest BCUT2D eigenvalue weighted by Gasteiger charge is -2.33. The van der Waals surface area contributed by atoms with Crippen LogP contribution in [0.5, 0.6) is 0 Å². The number of nitrogens with zero attached hydrogens (tertiary/aromatic N) is 1. The molecule has 1 saturated heterocycles. The number of ketones is 1. The normalized spacial score (nSPS) is 28.4. The first-order valence-electron chi connectivity index (χ1n) is 11.2. The lowest BCUT2D eigenvalue weighted by Crippen LogP contribution is -2.47. The lowest BCUT2D eigenvalue weighted by molar-refractivity contribution is -0.127. The summed E-state index contributed by atoms with van der Waals surface area (Å²) in [5.41, 5.74) is 0.494. The Morgan fingerprint density at radius 3 is 2.23 bits per heavy atom. The molecule has 1 heterocycles. The van der Waals surface area contributed by atoms with Gasteiger partial charge in [0.1, 0.15) is 0 Å². The number of carbonyl (C=O) groups excluding carboxylic acids is 2.